The summed E-state index contributed by atoms with van der Waals surface area (Å²) in [4.78, 5) is 3.77. The van der Waals surface area contributed by atoms with Crippen LogP contribution < -0.4 is 5.32 Å². The van der Waals surface area contributed by atoms with E-state index in [0.29, 0.717) is 12.6 Å². The van der Waals surface area contributed by atoms with Crippen molar-refractivity contribution in [2.75, 3.05) is 0 Å². The normalized spacial score (nSPS) is 16.7. The number of nitrogens with zero attached hydrogens (tertiary/aromatic N) is 5. The van der Waals surface area contributed by atoms with E-state index in [2.05, 4.69) is 21.5 Å². The lowest BCUT2D eigenvalue weighted by atomic mass is 10.3. The second-order valence-corrected chi connectivity index (χ2v) is 3.52. The van der Waals surface area contributed by atoms with E-state index in [-0.39, 0.29) is 11.9 Å². The van der Waals surface area contributed by atoms with Gasteiger partial charge in [-0.25, -0.2) is 9.67 Å². The molecule has 0 aliphatic heterocycles. The highest BCUT2D eigenvalue weighted by Gasteiger charge is 2.24. The Hall–Kier alpha value is -1.92. The molecule has 0 spiro atoms. The van der Waals surface area contributed by atoms with Crippen molar-refractivity contribution in [2.45, 2.75) is 31.5 Å². The maximum absolute atomic E-state index is 8.89. The first-order valence-corrected chi connectivity index (χ1v) is 4.77. The average molecular weight is 202 g/mol. The summed E-state index contributed by atoms with van der Waals surface area (Å²) in [5.74, 6) is 0.137. The van der Waals surface area contributed by atoms with E-state index in [1.54, 1.807) is 0 Å². The van der Waals surface area contributed by atoms with Crippen molar-refractivity contribution in [3.05, 3.63) is 12.2 Å². The molecule has 0 amide bonds. The molecule has 0 saturated heterocycles. The lowest BCUT2D eigenvalue weighted by Crippen LogP contribution is -2.33. The Kier molecular flexibility index (Phi) is 2.61. The van der Waals surface area contributed by atoms with Crippen LogP contribution >= 0.6 is 0 Å². The smallest absolute Gasteiger partial charge is 0.252 e. The van der Waals surface area contributed by atoms with Gasteiger partial charge in [-0.1, -0.05) is 0 Å². The average Bonchev–Trinajstić information content (AvgIpc) is 2.95. The van der Waals surface area contributed by atoms with Gasteiger partial charge in [0.25, 0.3) is 5.82 Å². The van der Waals surface area contributed by atoms with Crippen LogP contribution in [0.2, 0.25) is 0 Å². The zero-order valence-corrected chi connectivity index (χ0v) is 8.09. The highest BCUT2D eigenvalue weighted by atomic mass is 15.3. The van der Waals surface area contributed by atoms with E-state index in [1.807, 2.05) is 6.07 Å². The van der Waals surface area contributed by atoms with Crippen LogP contribution in [0.4, 0.5) is 0 Å². The molecule has 0 bridgehead atoms. The number of nitrogens with one attached hydrogen (secondary N) is 1. The van der Waals surface area contributed by atoms with Gasteiger partial charge in [0.15, 0.2) is 0 Å². The monoisotopic (exact) mass is 202 g/mol. The first-order chi connectivity index (χ1) is 7.31. The van der Waals surface area contributed by atoms with Crippen molar-refractivity contribution in [2.24, 2.45) is 0 Å². The van der Waals surface area contributed by atoms with Gasteiger partial charge in [-0.2, -0.15) is 10.5 Å². The molecule has 76 valence electrons. The molecule has 15 heavy (non-hydrogen) atoms. The van der Waals surface area contributed by atoms with Crippen LogP contribution in [0.1, 0.15) is 18.7 Å². The van der Waals surface area contributed by atoms with Gasteiger partial charge < -0.3 is 0 Å². The van der Waals surface area contributed by atoms with Crippen LogP contribution in [0.15, 0.2) is 6.33 Å². The molecule has 1 aliphatic carbocycles. The Bertz CT molecular complexity index is 419. The van der Waals surface area contributed by atoms with Crippen LogP contribution in [0.25, 0.3) is 0 Å². The standard InChI is InChI=1S/C9H10N6/c10-3-8(13-7-1-2-7)5-15-6-12-9(4-11)14-15/h6-8,13H,1-2,5H2. The van der Waals surface area contributed by atoms with Crippen molar-refractivity contribution in [3.63, 3.8) is 0 Å². The SMILES string of the molecule is N#Cc1ncn(CC(C#N)NC2CC2)n1. The second-order valence-electron chi connectivity index (χ2n) is 3.52. The minimum atomic E-state index is -0.259. The molecular formula is C9H10N6. The summed E-state index contributed by atoms with van der Waals surface area (Å²) in [6.07, 6.45) is 3.75. The molecular weight excluding hydrogens is 192 g/mol. The molecule has 2 rings (SSSR count). The van der Waals surface area contributed by atoms with Crippen LogP contribution in [-0.2, 0) is 6.54 Å². The first-order valence-electron chi connectivity index (χ1n) is 4.77. The lowest BCUT2D eigenvalue weighted by molar-refractivity contribution is 0.487. The molecule has 1 saturated carbocycles. The number of rotatable bonds is 4. The van der Waals surface area contributed by atoms with Crippen molar-refractivity contribution in [1.29, 1.82) is 10.5 Å². The minimum absolute atomic E-state index is 0.137. The number of aromatic nitrogens is 3. The molecule has 1 aromatic heterocycles. The van der Waals surface area contributed by atoms with Crippen LogP contribution in [-0.4, -0.2) is 26.8 Å². The van der Waals surface area contributed by atoms with Crippen LogP contribution in [0.3, 0.4) is 0 Å². The maximum Gasteiger partial charge on any atom is 0.252 e. The highest BCUT2D eigenvalue weighted by molar-refractivity contribution is 5.05. The zero-order valence-electron chi connectivity index (χ0n) is 8.09. The third kappa shape index (κ3) is 2.52. The lowest BCUT2D eigenvalue weighted by Gasteiger charge is -2.09. The summed E-state index contributed by atoms with van der Waals surface area (Å²) in [6, 6.07) is 4.23. The quantitative estimate of drug-likeness (QED) is 0.729. The van der Waals surface area contributed by atoms with Crippen molar-refractivity contribution < 1.29 is 0 Å². The van der Waals surface area contributed by atoms with E-state index < -0.39 is 0 Å². The predicted molar refractivity (Wildman–Crippen MR) is 50.3 cm³/mol. The Balaban J connectivity index is 1.94. The van der Waals surface area contributed by atoms with Crippen molar-refractivity contribution >= 4 is 0 Å². The number of hydrogen-bond donors (Lipinski definition) is 1. The molecule has 6 nitrogen and oxygen atoms in total. The summed E-state index contributed by atoms with van der Waals surface area (Å²) >= 11 is 0. The number of nitriles is 2. The fourth-order valence-electron chi connectivity index (χ4n) is 1.29. The Labute approximate surface area is 87.1 Å². The maximum atomic E-state index is 8.89. The molecule has 1 fully saturated rings. The molecule has 1 atom stereocenters. The molecule has 0 aromatic carbocycles. The predicted octanol–water partition coefficient (Wildman–Crippen LogP) is -0.206. The van der Waals surface area contributed by atoms with Gasteiger partial charge in [0.2, 0.25) is 0 Å². The summed E-state index contributed by atoms with van der Waals surface area (Å²) in [7, 11) is 0. The second kappa shape index (κ2) is 4.07. The third-order valence-corrected chi connectivity index (χ3v) is 2.18. The van der Waals surface area contributed by atoms with Gasteiger partial charge in [0.05, 0.1) is 12.6 Å². The van der Waals surface area contributed by atoms with Gasteiger partial charge in [0.1, 0.15) is 18.4 Å². The summed E-state index contributed by atoms with van der Waals surface area (Å²) in [5.41, 5.74) is 0. The van der Waals surface area contributed by atoms with Crippen molar-refractivity contribution in [1.82, 2.24) is 20.1 Å². The van der Waals surface area contributed by atoms with Crippen LogP contribution in [0, 0.1) is 22.7 Å². The van der Waals surface area contributed by atoms with Crippen molar-refractivity contribution in [3.8, 4) is 12.1 Å². The largest absolute Gasteiger partial charge is 0.298 e. The van der Waals surface area contributed by atoms with Gasteiger partial charge >= 0.3 is 0 Å². The summed E-state index contributed by atoms with van der Waals surface area (Å²) in [6.45, 7) is 0.432. The van der Waals surface area contributed by atoms with Gasteiger partial charge in [0, 0.05) is 6.04 Å². The van der Waals surface area contributed by atoms with E-state index in [4.69, 9.17) is 10.5 Å². The van der Waals surface area contributed by atoms with Gasteiger partial charge in [-0.3, -0.25) is 5.32 Å². The Morgan fingerprint density at radius 1 is 1.60 bits per heavy atom. The molecule has 1 N–H and O–H groups in total. The fraction of sp³-hybridized carbons (Fsp3) is 0.556. The van der Waals surface area contributed by atoms with E-state index >= 15 is 0 Å². The summed E-state index contributed by atoms with van der Waals surface area (Å²) in [5, 5.41) is 24.5. The molecule has 1 heterocycles. The first kappa shape index (κ1) is 9.63. The van der Waals surface area contributed by atoms with E-state index in [9.17, 15) is 0 Å². The molecule has 0 radical (unpaired) electrons. The molecule has 1 aliphatic rings. The summed E-state index contributed by atoms with van der Waals surface area (Å²) < 4.78 is 1.52. The van der Waals surface area contributed by atoms with E-state index in [1.165, 1.54) is 11.0 Å². The highest BCUT2D eigenvalue weighted by Crippen LogP contribution is 2.19. The minimum Gasteiger partial charge on any atom is -0.298 e. The zero-order chi connectivity index (χ0) is 10.7. The topological polar surface area (TPSA) is 90.3 Å². The fourth-order valence-corrected chi connectivity index (χ4v) is 1.29. The van der Waals surface area contributed by atoms with E-state index in [0.717, 1.165) is 12.8 Å². The van der Waals surface area contributed by atoms with Gasteiger partial charge in [-0.05, 0) is 12.8 Å². The Morgan fingerprint density at radius 3 is 2.93 bits per heavy atom. The molecule has 6 heteroatoms. The Morgan fingerprint density at radius 2 is 2.40 bits per heavy atom. The van der Waals surface area contributed by atoms with Gasteiger partial charge in [-0.15, -0.1) is 5.10 Å². The third-order valence-electron chi connectivity index (χ3n) is 2.18. The molecule has 1 aromatic rings. The number of hydrogen-bond acceptors (Lipinski definition) is 5. The molecule has 1 unspecified atom stereocenters. The van der Waals surface area contributed by atoms with Crippen LogP contribution in [0.5, 0.6) is 0 Å².